The molecule has 0 aliphatic carbocycles. The van der Waals surface area contributed by atoms with E-state index in [0.29, 0.717) is 51.5 Å². The lowest BCUT2D eigenvalue weighted by atomic mass is 9.89. The number of nitrogens with one attached hydrogen (secondary N) is 1. The minimum absolute atomic E-state index is 0.156. The van der Waals surface area contributed by atoms with Crippen molar-refractivity contribution < 1.29 is 23.0 Å². The number of nitrogens with two attached hydrogens (primary N) is 1. The topological polar surface area (TPSA) is 106 Å². The Balaban J connectivity index is 1.41. The van der Waals surface area contributed by atoms with Crippen LogP contribution >= 0.6 is 0 Å². The summed E-state index contributed by atoms with van der Waals surface area (Å²) in [7, 11) is 0. The van der Waals surface area contributed by atoms with Crippen LogP contribution < -0.4 is 20.7 Å². The number of likely N-dealkylation sites (tertiary alicyclic amines) is 1. The standard InChI is InChI=1S/C23H26F2N6O3/c24-20(25)12-30-13-23(14-30)10-15-8-17(18(9-19(15)34-23)31-4-6-33-7-5-31)29-22(32)16(11-26)21-27-2-1-3-28-21/h1-3,8-9,11,20H,4-7,10,12-14,26H2,(H,29,32). The van der Waals surface area contributed by atoms with E-state index in [1.165, 1.54) is 6.20 Å². The number of alkyl halides is 2. The lowest BCUT2D eigenvalue weighted by molar-refractivity contribution is -0.111. The van der Waals surface area contributed by atoms with Gasteiger partial charge in [0.25, 0.3) is 12.3 Å². The average molecular weight is 472 g/mol. The van der Waals surface area contributed by atoms with Gasteiger partial charge in [-0.2, -0.15) is 0 Å². The highest BCUT2D eigenvalue weighted by Gasteiger charge is 2.50. The smallest absolute Gasteiger partial charge is 0.261 e. The number of carbonyl (C=O) groups excluding carboxylic acids is 1. The Morgan fingerprint density at radius 1 is 1.24 bits per heavy atom. The number of morpholine rings is 1. The second-order valence-electron chi connectivity index (χ2n) is 8.71. The molecule has 1 amide bonds. The normalized spacial score (nSPS) is 19.6. The molecule has 0 unspecified atom stereocenters. The summed E-state index contributed by atoms with van der Waals surface area (Å²) in [5, 5.41) is 2.97. The summed E-state index contributed by atoms with van der Waals surface area (Å²) in [6.07, 6.45) is 2.50. The van der Waals surface area contributed by atoms with Crippen LogP contribution in [0.25, 0.3) is 5.57 Å². The first-order chi connectivity index (χ1) is 16.5. The molecule has 11 heteroatoms. The molecule has 0 atom stereocenters. The van der Waals surface area contributed by atoms with Gasteiger partial charge in [-0.05, 0) is 12.1 Å². The van der Waals surface area contributed by atoms with Crippen molar-refractivity contribution in [2.75, 3.05) is 56.2 Å². The first-order valence-electron chi connectivity index (χ1n) is 11.2. The number of nitrogens with zero attached hydrogens (tertiary/aromatic N) is 4. The van der Waals surface area contributed by atoms with Gasteiger partial charge < -0.3 is 25.4 Å². The van der Waals surface area contributed by atoms with Crippen molar-refractivity contribution in [2.45, 2.75) is 18.4 Å². The van der Waals surface area contributed by atoms with E-state index in [1.54, 1.807) is 23.4 Å². The van der Waals surface area contributed by atoms with Crippen molar-refractivity contribution >= 4 is 22.9 Å². The monoisotopic (exact) mass is 472 g/mol. The maximum atomic E-state index is 13.1. The second kappa shape index (κ2) is 9.15. The number of carbonyl (C=O) groups is 1. The number of fused-ring (bicyclic) bond motifs is 1. The third-order valence-electron chi connectivity index (χ3n) is 6.26. The van der Waals surface area contributed by atoms with Crippen molar-refractivity contribution in [1.82, 2.24) is 14.9 Å². The number of hydrogen-bond donors (Lipinski definition) is 2. The molecule has 0 bridgehead atoms. The molecular weight excluding hydrogens is 446 g/mol. The van der Waals surface area contributed by atoms with Gasteiger partial charge >= 0.3 is 0 Å². The van der Waals surface area contributed by atoms with E-state index in [0.717, 1.165) is 17.0 Å². The Kier molecular flexibility index (Phi) is 6.05. The molecule has 9 nitrogen and oxygen atoms in total. The number of anilines is 2. The van der Waals surface area contributed by atoms with Crippen LogP contribution in [0.3, 0.4) is 0 Å². The Morgan fingerprint density at radius 2 is 1.97 bits per heavy atom. The van der Waals surface area contributed by atoms with Crippen LogP contribution in [-0.4, -0.2) is 78.7 Å². The third-order valence-corrected chi connectivity index (χ3v) is 6.26. The maximum absolute atomic E-state index is 13.1. The molecule has 2 fully saturated rings. The SMILES string of the molecule is NC=C(C(=O)Nc1cc2c(cc1N1CCOCC1)OC1(C2)CN(CC(F)F)C1)c1ncccn1. The highest BCUT2D eigenvalue weighted by Crippen LogP contribution is 2.45. The highest BCUT2D eigenvalue weighted by molar-refractivity contribution is 6.24. The molecule has 3 N–H and O–H groups in total. The van der Waals surface area contributed by atoms with E-state index < -0.39 is 17.9 Å². The first-order valence-corrected chi connectivity index (χ1v) is 11.2. The Labute approximate surface area is 195 Å². The van der Waals surface area contributed by atoms with Gasteiger partial charge in [0.1, 0.15) is 11.4 Å². The number of rotatable bonds is 6. The minimum atomic E-state index is -2.37. The fourth-order valence-corrected chi connectivity index (χ4v) is 4.78. The predicted molar refractivity (Wildman–Crippen MR) is 122 cm³/mol. The summed E-state index contributed by atoms with van der Waals surface area (Å²) in [6.45, 7) is 3.12. The fraction of sp³-hybridized carbons (Fsp3) is 0.435. The summed E-state index contributed by atoms with van der Waals surface area (Å²) in [4.78, 5) is 25.2. The summed E-state index contributed by atoms with van der Waals surface area (Å²) in [5.41, 5.74) is 7.74. The zero-order valence-corrected chi connectivity index (χ0v) is 18.5. The lowest BCUT2D eigenvalue weighted by Gasteiger charge is -2.46. The third kappa shape index (κ3) is 4.40. The van der Waals surface area contributed by atoms with Crippen molar-refractivity contribution in [3.63, 3.8) is 0 Å². The summed E-state index contributed by atoms with van der Waals surface area (Å²) < 4.78 is 37.2. The number of aromatic nitrogens is 2. The zero-order valence-electron chi connectivity index (χ0n) is 18.5. The average Bonchev–Trinajstić information content (AvgIpc) is 3.18. The lowest BCUT2D eigenvalue weighted by Crippen LogP contribution is -2.65. The molecule has 1 spiro atoms. The van der Waals surface area contributed by atoms with Crippen LogP contribution in [0.1, 0.15) is 11.4 Å². The van der Waals surface area contributed by atoms with Gasteiger partial charge in [0, 0.05) is 62.8 Å². The van der Waals surface area contributed by atoms with Crippen LogP contribution in [0, 0.1) is 0 Å². The van der Waals surface area contributed by atoms with Crippen molar-refractivity contribution in [2.24, 2.45) is 5.73 Å². The molecular formula is C23H26F2N6O3. The van der Waals surface area contributed by atoms with E-state index >= 15 is 0 Å². The molecule has 2 saturated heterocycles. The molecule has 180 valence electrons. The van der Waals surface area contributed by atoms with E-state index in [4.69, 9.17) is 15.2 Å². The molecule has 4 heterocycles. The van der Waals surface area contributed by atoms with Gasteiger partial charge in [0.15, 0.2) is 5.82 Å². The van der Waals surface area contributed by atoms with Gasteiger partial charge in [-0.3, -0.25) is 9.69 Å². The van der Waals surface area contributed by atoms with Crippen LogP contribution in [0.2, 0.25) is 0 Å². The van der Waals surface area contributed by atoms with Crippen LogP contribution in [0.15, 0.2) is 36.8 Å². The Bertz CT molecular complexity index is 1090. The largest absolute Gasteiger partial charge is 0.484 e. The van der Waals surface area contributed by atoms with Crippen molar-refractivity contribution in [3.05, 3.63) is 48.2 Å². The minimum Gasteiger partial charge on any atom is -0.484 e. The van der Waals surface area contributed by atoms with Gasteiger partial charge in [-0.1, -0.05) is 0 Å². The highest BCUT2D eigenvalue weighted by atomic mass is 19.3. The quantitative estimate of drug-likeness (QED) is 0.610. The summed E-state index contributed by atoms with van der Waals surface area (Å²) in [6, 6.07) is 5.49. The Hall–Kier alpha value is -3.31. The molecule has 0 saturated carbocycles. The fourth-order valence-electron chi connectivity index (χ4n) is 4.78. The number of halogens is 2. The van der Waals surface area contributed by atoms with Gasteiger partial charge in [-0.15, -0.1) is 0 Å². The van der Waals surface area contributed by atoms with E-state index in [2.05, 4.69) is 20.2 Å². The van der Waals surface area contributed by atoms with Crippen molar-refractivity contribution in [3.8, 4) is 5.75 Å². The second-order valence-corrected chi connectivity index (χ2v) is 8.71. The molecule has 5 rings (SSSR count). The van der Waals surface area contributed by atoms with E-state index in [1.807, 2.05) is 12.1 Å². The molecule has 0 radical (unpaired) electrons. The van der Waals surface area contributed by atoms with Gasteiger partial charge in [0.2, 0.25) is 0 Å². The predicted octanol–water partition coefficient (Wildman–Crippen LogP) is 1.51. The van der Waals surface area contributed by atoms with Crippen LogP contribution in [0.4, 0.5) is 20.2 Å². The van der Waals surface area contributed by atoms with E-state index in [9.17, 15) is 13.6 Å². The number of amides is 1. The maximum Gasteiger partial charge on any atom is 0.261 e. The molecule has 3 aliphatic heterocycles. The molecule has 1 aromatic heterocycles. The molecule has 34 heavy (non-hydrogen) atoms. The molecule has 3 aliphatic rings. The summed E-state index contributed by atoms with van der Waals surface area (Å²) >= 11 is 0. The van der Waals surface area contributed by atoms with E-state index in [-0.39, 0.29) is 17.9 Å². The zero-order chi connectivity index (χ0) is 23.7. The molecule has 1 aromatic carbocycles. The van der Waals surface area contributed by atoms with Gasteiger partial charge in [-0.25, -0.2) is 18.7 Å². The van der Waals surface area contributed by atoms with Crippen LogP contribution in [0.5, 0.6) is 5.75 Å². The van der Waals surface area contributed by atoms with Gasteiger partial charge in [0.05, 0.1) is 36.7 Å². The number of hydrogen-bond acceptors (Lipinski definition) is 8. The number of benzene rings is 1. The van der Waals surface area contributed by atoms with Crippen LogP contribution in [-0.2, 0) is 16.0 Å². The van der Waals surface area contributed by atoms with Crippen molar-refractivity contribution in [1.29, 1.82) is 0 Å². The first kappa shape index (κ1) is 22.5. The Morgan fingerprint density at radius 3 is 2.65 bits per heavy atom. The molecule has 2 aromatic rings. The summed E-state index contributed by atoms with van der Waals surface area (Å²) in [5.74, 6) is 0.521. The number of ether oxygens (including phenoxy) is 2.